The molecule has 28 heteroatoms. The minimum Gasteiger partial charge on any atom is -0.550 e. The smallest absolute Gasteiger partial charge is 0.550 e. The van der Waals surface area contributed by atoms with Crippen molar-refractivity contribution < 1.29 is 119 Å². The molecule has 0 aliphatic rings. The second kappa shape index (κ2) is 110. The van der Waals surface area contributed by atoms with Gasteiger partial charge in [0, 0.05) is 17.9 Å². The van der Waals surface area contributed by atoms with Crippen LogP contribution < -0.4 is 61.3 Å². The second-order valence-corrected chi connectivity index (χ2v) is 33.1. The molecule has 774 valence electrons. The molecule has 0 unspecified atom stereocenters. The Labute approximate surface area is 905 Å². The fourth-order valence-corrected chi connectivity index (χ4v) is 13.1. The summed E-state index contributed by atoms with van der Waals surface area (Å²) in [7, 11) is 0. The van der Waals surface area contributed by atoms with E-state index >= 15 is 0 Å². The van der Waals surface area contributed by atoms with Gasteiger partial charge in [0.25, 0.3) is 0 Å². The Morgan fingerprint density at radius 1 is 0.131 bits per heavy atom. The van der Waals surface area contributed by atoms with E-state index in [4.69, 9.17) is 0 Å². The molecule has 0 aliphatic heterocycles. The van der Waals surface area contributed by atoms with Crippen LogP contribution in [0.2, 0.25) is 0 Å². The Balaban J connectivity index is -0.000000290. The van der Waals surface area contributed by atoms with Crippen LogP contribution >= 0.6 is 0 Å². The summed E-state index contributed by atoms with van der Waals surface area (Å²) in [4.78, 5) is 121. The van der Waals surface area contributed by atoms with Gasteiger partial charge in [0.2, 0.25) is 0 Å². The third kappa shape index (κ3) is 104. The molecule has 9 aromatic rings. The molecule has 0 aliphatic carbocycles. The summed E-state index contributed by atoms with van der Waals surface area (Å²) in [6.07, 6.45) is 59.6. The first-order valence-corrected chi connectivity index (χ1v) is 50.0. The molecule has 145 heavy (non-hydrogen) atoms. The van der Waals surface area contributed by atoms with Crippen LogP contribution in [-0.4, -0.2) is 141 Å². The Bertz CT molecular complexity index is 3720. The average molecular weight is 2050 g/mol. The summed E-state index contributed by atoms with van der Waals surface area (Å²) in [5.41, 5.74) is 1.98. The van der Waals surface area contributed by atoms with Gasteiger partial charge in [-0.15, -0.1) is 0 Å². The van der Waals surface area contributed by atoms with E-state index in [0.29, 0.717) is 0 Å². The van der Waals surface area contributed by atoms with E-state index in [1.165, 1.54) is 360 Å². The van der Waals surface area contributed by atoms with E-state index in [0.717, 1.165) is 38.5 Å². The molecule has 0 saturated heterocycles. The first-order valence-electron chi connectivity index (χ1n) is 50.0. The van der Waals surface area contributed by atoms with Gasteiger partial charge >= 0.3 is 69.4 Å². The molecule has 0 bridgehead atoms. The van der Waals surface area contributed by atoms with E-state index in [9.17, 15) is 119 Å². The summed E-state index contributed by atoms with van der Waals surface area (Å²) < 4.78 is 0. The van der Waals surface area contributed by atoms with Gasteiger partial charge in [0.05, 0.1) is 53.7 Å². The van der Waals surface area contributed by atoms with Gasteiger partial charge in [0.15, 0.2) is 0 Å². The third-order valence-electron chi connectivity index (χ3n) is 21.0. The van der Waals surface area contributed by atoms with Gasteiger partial charge < -0.3 is 119 Å². The number of hydrogen-bond donors (Lipinski definition) is 0. The maximum Gasteiger partial charge on any atom is 3.00 e. The van der Waals surface area contributed by atoms with E-state index in [1.807, 2.05) is 0 Å². The molecular weight excluding hydrogens is 1900 g/mol. The van der Waals surface area contributed by atoms with Crippen LogP contribution in [0.3, 0.4) is 0 Å². The van der Waals surface area contributed by atoms with E-state index < -0.39 is 71.6 Å². The standard InChI is InChI=1S/3C18H36O2.9C7H6O2.4Al/c3*1-2-3-4-5-6-7-8-9-10-11-12-13-14-15-16-17-18(19)20;9*8-7(9)6-4-2-1-3-5-6;;;;/h3*2-17H2,1H3,(H,19,20);9*1-5H,(H,8,9);;;;/q;;;;;;;;;;;;4*+3/p-12. The summed E-state index contributed by atoms with van der Waals surface area (Å²) in [5.74, 6) is -12.9. The average Bonchev–Trinajstić information content (AvgIpc) is 0.984. The number of benzene rings is 9. The van der Waals surface area contributed by atoms with Crippen LogP contribution in [0.4, 0.5) is 0 Å². The van der Waals surface area contributed by atoms with Crippen molar-refractivity contribution in [1.29, 1.82) is 0 Å². The molecule has 24 nitrogen and oxygen atoms in total. The zero-order valence-corrected chi connectivity index (χ0v) is 90.1. The van der Waals surface area contributed by atoms with Crippen molar-refractivity contribution in [3.05, 3.63) is 323 Å². The number of hydrogen-bond acceptors (Lipinski definition) is 24. The van der Waals surface area contributed by atoms with Gasteiger partial charge in [0.1, 0.15) is 0 Å². The molecular formula is C117H150Al4O24. The number of carboxylic acids is 12. The van der Waals surface area contributed by atoms with Gasteiger partial charge in [-0.2, -0.15) is 0 Å². The summed E-state index contributed by atoms with van der Waals surface area (Å²) in [5, 5.41) is 121. The van der Waals surface area contributed by atoms with E-state index in [-0.39, 0.29) is 139 Å². The van der Waals surface area contributed by atoms with Crippen molar-refractivity contribution in [3.8, 4) is 0 Å². The number of aliphatic carboxylic acids is 3. The van der Waals surface area contributed by atoms with Crippen LogP contribution in [0.15, 0.2) is 273 Å². The number of carbonyl (C=O) groups is 12. The molecule has 0 radical (unpaired) electrons. The Morgan fingerprint density at radius 2 is 0.207 bits per heavy atom. The Hall–Kier alpha value is -11.3. The predicted octanol–water partition coefficient (Wildman–Crippen LogP) is 13.9. The minimum atomic E-state index is -1.13. The molecule has 0 N–H and O–H groups in total. The maximum atomic E-state index is 10.2. The summed E-state index contributed by atoms with van der Waals surface area (Å²) >= 11 is 0. The van der Waals surface area contributed by atoms with E-state index in [2.05, 4.69) is 20.8 Å². The molecule has 9 aromatic carbocycles. The molecule has 0 spiro atoms. The zero-order valence-electron chi connectivity index (χ0n) is 85.5. The van der Waals surface area contributed by atoms with Crippen molar-refractivity contribution in [1.82, 2.24) is 0 Å². The fraction of sp³-hybridized carbons (Fsp3) is 0.436. The quantitative estimate of drug-likeness (QED) is 0.0252. The van der Waals surface area contributed by atoms with Gasteiger partial charge in [-0.05, 0) is 88.6 Å². The first kappa shape index (κ1) is 147. The molecule has 0 amide bonds. The van der Waals surface area contributed by atoms with Crippen molar-refractivity contribution in [2.45, 2.75) is 329 Å². The van der Waals surface area contributed by atoms with Crippen LogP contribution in [-0.2, 0) is 14.4 Å². The van der Waals surface area contributed by atoms with Crippen molar-refractivity contribution in [2.75, 3.05) is 0 Å². The van der Waals surface area contributed by atoms with Crippen molar-refractivity contribution in [2.24, 2.45) is 0 Å². The van der Waals surface area contributed by atoms with E-state index in [1.54, 1.807) is 164 Å². The second-order valence-electron chi connectivity index (χ2n) is 33.1. The van der Waals surface area contributed by atoms with Gasteiger partial charge in [-0.1, -0.05) is 563 Å². The molecule has 0 saturated carbocycles. The van der Waals surface area contributed by atoms with Crippen LogP contribution in [0.1, 0.15) is 422 Å². The zero-order chi connectivity index (χ0) is 105. The fourth-order valence-electron chi connectivity index (χ4n) is 13.1. The van der Waals surface area contributed by atoms with Crippen LogP contribution in [0, 0.1) is 0 Å². The summed E-state index contributed by atoms with van der Waals surface area (Å²) in [6, 6.07) is 72.6. The van der Waals surface area contributed by atoms with Crippen LogP contribution in [0.5, 0.6) is 0 Å². The normalized spacial score (nSPS) is 9.46. The van der Waals surface area contributed by atoms with Gasteiger partial charge in [-0.3, -0.25) is 0 Å². The van der Waals surface area contributed by atoms with Gasteiger partial charge in [-0.25, -0.2) is 0 Å². The summed E-state index contributed by atoms with van der Waals surface area (Å²) in [6.45, 7) is 6.80. The first-order chi connectivity index (χ1) is 68.1. The van der Waals surface area contributed by atoms with Crippen molar-refractivity contribution in [3.63, 3.8) is 0 Å². The molecule has 0 fully saturated rings. The molecule has 0 atom stereocenters. The monoisotopic (exact) mass is 2050 g/mol. The number of rotatable bonds is 57. The molecule has 0 heterocycles. The van der Waals surface area contributed by atoms with Crippen molar-refractivity contribution >= 4 is 141 Å². The Kier molecular flexibility index (Phi) is 111. The predicted molar refractivity (Wildman–Crippen MR) is 554 cm³/mol. The Morgan fingerprint density at radius 3 is 0.269 bits per heavy atom. The topological polar surface area (TPSA) is 482 Å². The largest absolute Gasteiger partial charge is 3.00 e. The third-order valence-corrected chi connectivity index (χ3v) is 21.0. The molecule has 0 aromatic heterocycles. The number of aromatic carboxylic acids is 9. The number of carboxylic acid groups (broad SMARTS) is 12. The minimum absolute atomic E-state index is 0. The van der Waals surface area contributed by atoms with Crippen LogP contribution in [0.25, 0.3) is 0 Å². The maximum absolute atomic E-state index is 10.2. The number of unbranched alkanes of at least 4 members (excludes halogenated alkanes) is 42. The SMILES string of the molecule is CCCCCCCCCCCCCCCCCC(=O)[O-].CCCCCCCCCCCCCCCCCC(=O)[O-].CCCCCCCCCCCCCCCCCC(=O)[O-].O=C([O-])c1ccccc1.O=C([O-])c1ccccc1.O=C([O-])c1ccccc1.O=C([O-])c1ccccc1.O=C([O-])c1ccccc1.O=C([O-])c1ccccc1.O=C([O-])c1ccccc1.O=C([O-])c1ccccc1.O=C([O-])c1ccccc1.[Al+3].[Al+3].[Al+3].[Al+3]. The molecule has 9 rings (SSSR count). The number of carbonyl (C=O) groups excluding carboxylic acids is 12.